The largest absolute Gasteiger partial charge is 0.477 e. The zero-order chi connectivity index (χ0) is 11.2. The highest BCUT2D eigenvalue weighted by molar-refractivity contribution is 5.75. The molecule has 0 radical (unpaired) electrons. The quantitative estimate of drug-likeness (QED) is 0.522. The number of hydrogen-bond donors (Lipinski definition) is 3. The number of alkyl halides is 2. The van der Waals surface area contributed by atoms with Crippen LogP contribution in [-0.4, -0.2) is 41.3 Å². The maximum Gasteiger partial charge on any atom is 0.375 e. The van der Waals surface area contributed by atoms with Gasteiger partial charge in [0.05, 0.1) is 12.6 Å². The van der Waals surface area contributed by atoms with Gasteiger partial charge in [-0.1, -0.05) is 0 Å². The van der Waals surface area contributed by atoms with Crippen LogP contribution in [-0.2, 0) is 4.79 Å². The molecule has 3 N–H and O–H groups in total. The Morgan fingerprint density at radius 2 is 2.21 bits per heavy atom. The van der Waals surface area contributed by atoms with E-state index in [1.807, 2.05) is 0 Å². The Morgan fingerprint density at radius 3 is 2.64 bits per heavy atom. The molecule has 0 aliphatic heterocycles. The molecule has 0 rings (SSSR count). The van der Waals surface area contributed by atoms with Gasteiger partial charge in [0.1, 0.15) is 0 Å². The third kappa shape index (κ3) is 4.74. The molecule has 0 saturated heterocycles. The predicted octanol–water partition coefficient (Wildman–Crippen LogP) is -0.320. The van der Waals surface area contributed by atoms with Gasteiger partial charge in [-0.2, -0.15) is 8.78 Å². The van der Waals surface area contributed by atoms with Crippen LogP contribution >= 0.6 is 0 Å². The van der Waals surface area contributed by atoms with Gasteiger partial charge in [-0.05, 0) is 0 Å². The number of aliphatic carboxylic acids is 1. The zero-order valence-electron chi connectivity index (χ0n) is 7.33. The van der Waals surface area contributed by atoms with Crippen LogP contribution in [0.25, 0.3) is 0 Å². The van der Waals surface area contributed by atoms with E-state index in [0.717, 1.165) is 0 Å². The third-order valence-corrected chi connectivity index (χ3v) is 1.39. The number of aliphatic hydroxyl groups is 1. The van der Waals surface area contributed by atoms with Crippen molar-refractivity contribution in [3.8, 4) is 12.3 Å². The molecule has 14 heavy (non-hydrogen) atoms. The van der Waals surface area contributed by atoms with Gasteiger partial charge in [0, 0.05) is 13.0 Å². The van der Waals surface area contributed by atoms with Crippen molar-refractivity contribution in [3.63, 3.8) is 0 Å². The van der Waals surface area contributed by atoms with Crippen molar-refractivity contribution in [1.82, 2.24) is 5.32 Å². The number of aliphatic hydroxyl groups excluding tert-OH is 1. The van der Waals surface area contributed by atoms with Gasteiger partial charge in [0.15, 0.2) is 0 Å². The van der Waals surface area contributed by atoms with Crippen LogP contribution in [0.5, 0.6) is 0 Å². The fourth-order valence-corrected chi connectivity index (χ4v) is 0.680. The highest BCUT2D eigenvalue weighted by atomic mass is 19.3. The normalized spacial score (nSPS) is 13.3. The summed E-state index contributed by atoms with van der Waals surface area (Å²) in [7, 11) is 0. The molecule has 0 saturated carbocycles. The molecule has 80 valence electrons. The lowest BCUT2D eigenvalue weighted by Gasteiger charge is -2.13. The first-order valence-corrected chi connectivity index (χ1v) is 3.83. The number of carboxylic acids is 1. The molecule has 6 heteroatoms. The van der Waals surface area contributed by atoms with Crippen LogP contribution in [0.4, 0.5) is 8.78 Å². The average Bonchev–Trinajstić information content (AvgIpc) is 2.04. The summed E-state index contributed by atoms with van der Waals surface area (Å²) in [6.07, 6.45) is 3.95. The molecular weight excluding hydrogens is 196 g/mol. The van der Waals surface area contributed by atoms with E-state index in [0.29, 0.717) is 0 Å². The van der Waals surface area contributed by atoms with Crippen molar-refractivity contribution in [1.29, 1.82) is 0 Å². The Labute approximate surface area is 79.9 Å². The van der Waals surface area contributed by atoms with E-state index in [-0.39, 0.29) is 13.0 Å². The summed E-state index contributed by atoms with van der Waals surface area (Å²) in [6, 6.07) is 0. The lowest BCUT2D eigenvalue weighted by molar-refractivity contribution is -0.164. The summed E-state index contributed by atoms with van der Waals surface area (Å²) in [6.45, 7) is -1.18. The Balaban J connectivity index is 3.75. The Hall–Kier alpha value is -1.19. The molecule has 0 aliphatic rings. The van der Waals surface area contributed by atoms with E-state index in [1.165, 1.54) is 0 Å². The van der Waals surface area contributed by atoms with E-state index in [4.69, 9.17) is 16.6 Å². The molecule has 1 unspecified atom stereocenters. The number of carboxylic acid groups (broad SMARTS) is 1. The first-order valence-electron chi connectivity index (χ1n) is 3.83. The van der Waals surface area contributed by atoms with Crippen molar-refractivity contribution < 1.29 is 23.8 Å². The van der Waals surface area contributed by atoms with E-state index < -0.39 is 24.5 Å². The topological polar surface area (TPSA) is 69.6 Å². The van der Waals surface area contributed by atoms with E-state index in [9.17, 15) is 13.6 Å². The van der Waals surface area contributed by atoms with Crippen molar-refractivity contribution in [2.75, 3.05) is 13.1 Å². The summed E-state index contributed by atoms with van der Waals surface area (Å²) in [5.74, 6) is -3.88. The first kappa shape index (κ1) is 12.8. The van der Waals surface area contributed by atoms with Crippen LogP contribution < -0.4 is 5.32 Å². The molecule has 0 aromatic carbocycles. The average molecular weight is 207 g/mol. The van der Waals surface area contributed by atoms with E-state index in [2.05, 4.69) is 11.2 Å². The maximum atomic E-state index is 12.4. The summed E-state index contributed by atoms with van der Waals surface area (Å²) >= 11 is 0. The molecule has 0 fully saturated rings. The smallest absolute Gasteiger partial charge is 0.375 e. The van der Waals surface area contributed by atoms with Gasteiger partial charge in [-0.15, -0.1) is 12.3 Å². The molecular formula is C8H11F2NO3. The summed E-state index contributed by atoms with van der Waals surface area (Å²) in [4.78, 5) is 9.94. The monoisotopic (exact) mass is 207 g/mol. The lowest BCUT2D eigenvalue weighted by Crippen LogP contribution is -2.42. The molecule has 0 aromatic heterocycles. The molecule has 4 nitrogen and oxygen atoms in total. The predicted molar refractivity (Wildman–Crippen MR) is 44.9 cm³/mol. The summed E-state index contributed by atoms with van der Waals surface area (Å²) in [5.41, 5.74) is 0. The first-order chi connectivity index (χ1) is 6.40. The molecule has 0 amide bonds. The van der Waals surface area contributed by atoms with Crippen LogP contribution in [0.15, 0.2) is 0 Å². The molecule has 0 aliphatic carbocycles. The number of hydrogen-bond acceptors (Lipinski definition) is 3. The zero-order valence-corrected chi connectivity index (χ0v) is 7.33. The van der Waals surface area contributed by atoms with E-state index >= 15 is 0 Å². The number of halogens is 2. The number of nitrogens with one attached hydrogen (secondary N) is 1. The van der Waals surface area contributed by atoms with Crippen LogP contribution in [0.2, 0.25) is 0 Å². The highest BCUT2D eigenvalue weighted by Crippen LogP contribution is 2.11. The fraction of sp³-hybridized carbons (Fsp3) is 0.625. The molecule has 0 heterocycles. The minimum atomic E-state index is -3.82. The van der Waals surface area contributed by atoms with Crippen LogP contribution in [0, 0.1) is 12.3 Å². The molecule has 0 spiro atoms. The van der Waals surface area contributed by atoms with Gasteiger partial charge >= 0.3 is 11.9 Å². The molecule has 0 aromatic rings. The maximum absolute atomic E-state index is 12.4. The second-order valence-electron chi connectivity index (χ2n) is 2.70. The fourth-order valence-electron chi connectivity index (χ4n) is 0.680. The number of carbonyl (C=O) groups is 1. The van der Waals surface area contributed by atoms with Crippen molar-refractivity contribution >= 4 is 5.97 Å². The van der Waals surface area contributed by atoms with E-state index in [1.54, 1.807) is 0 Å². The van der Waals surface area contributed by atoms with Crippen LogP contribution in [0.3, 0.4) is 0 Å². The molecule has 1 atom stereocenters. The van der Waals surface area contributed by atoms with Gasteiger partial charge in [-0.25, -0.2) is 4.79 Å². The molecule has 0 bridgehead atoms. The minimum Gasteiger partial charge on any atom is -0.477 e. The number of rotatable bonds is 6. The van der Waals surface area contributed by atoms with Crippen molar-refractivity contribution in [2.24, 2.45) is 0 Å². The highest BCUT2D eigenvalue weighted by Gasteiger charge is 2.38. The minimum absolute atomic E-state index is 0.0334. The standard InChI is InChI=1S/C8H11F2NO3/c1-2-3-6(12)4-11-5-8(9,10)7(13)14/h1,6,11-12H,3-5H2,(H,13,14). The second-order valence-corrected chi connectivity index (χ2v) is 2.70. The Bertz CT molecular complexity index is 237. The second kappa shape index (κ2) is 5.52. The summed E-state index contributed by atoms with van der Waals surface area (Å²) in [5, 5.41) is 19.1. The van der Waals surface area contributed by atoms with Crippen LogP contribution in [0.1, 0.15) is 6.42 Å². The SMILES string of the molecule is C#CCC(O)CNCC(F)(F)C(=O)O. The Morgan fingerprint density at radius 1 is 1.64 bits per heavy atom. The lowest BCUT2D eigenvalue weighted by atomic mass is 10.2. The van der Waals surface area contributed by atoms with Gasteiger partial charge in [-0.3, -0.25) is 0 Å². The van der Waals surface area contributed by atoms with Gasteiger partial charge < -0.3 is 15.5 Å². The van der Waals surface area contributed by atoms with Gasteiger partial charge in [0.2, 0.25) is 0 Å². The van der Waals surface area contributed by atoms with Crippen molar-refractivity contribution in [3.05, 3.63) is 0 Å². The number of terminal acetylenes is 1. The Kier molecular flexibility index (Phi) is 5.05. The third-order valence-electron chi connectivity index (χ3n) is 1.39. The van der Waals surface area contributed by atoms with Crippen molar-refractivity contribution in [2.45, 2.75) is 18.4 Å². The summed E-state index contributed by atoms with van der Waals surface area (Å²) < 4.78 is 24.8. The van der Waals surface area contributed by atoms with Gasteiger partial charge in [0.25, 0.3) is 0 Å².